The minimum absolute atomic E-state index is 0.0243. The molecule has 6 heterocycles. The Bertz CT molecular complexity index is 1610. The number of likely N-dealkylation sites (N-methyl/N-ethyl adjacent to an activating group) is 1. The Labute approximate surface area is 220 Å². The van der Waals surface area contributed by atoms with E-state index in [1.165, 1.54) is 0 Å². The summed E-state index contributed by atoms with van der Waals surface area (Å²) in [6.07, 6.45) is 9.47. The van der Waals surface area contributed by atoms with E-state index in [1.807, 2.05) is 38.4 Å². The molecule has 0 spiro atoms. The number of hydrogen-bond acceptors (Lipinski definition) is 7. The van der Waals surface area contributed by atoms with Crippen LogP contribution in [0.3, 0.4) is 0 Å². The second-order valence-corrected chi connectivity index (χ2v) is 10.4. The number of nitrogens with one attached hydrogen (secondary N) is 3. The number of carbonyl (C=O) groups excluding carboxylic acids is 1. The van der Waals surface area contributed by atoms with Gasteiger partial charge in [-0.3, -0.25) is 24.8 Å². The number of piperazine rings is 1. The molecule has 0 radical (unpaired) electrons. The summed E-state index contributed by atoms with van der Waals surface area (Å²) in [5, 5.41) is 12.8. The normalized spacial score (nSPS) is 14.6. The van der Waals surface area contributed by atoms with Gasteiger partial charge in [0.15, 0.2) is 0 Å². The average molecular weight is 510 g/mol. The molecule has 3 N–H and O–H groups in total. The van der Waals surface area contributed by atoms with Crippen LogP contribution >= 0.6 is 0 Å². The summed E-state index contributed by atoms with van der Waals surface area (Å²) in [7, 11) is 2.16. The van der Waals surface area contributed by atoms with Gasteiger partial charge in [0, 0.05) is 55.1 Å². The van der Waals surface area contributed by atoms with Gasteiger partial charge in [-0.25, -0.2) is 0 Å². The van der Waals surface area contributed by atoms with Crippen molar-refractivity contribution in [2.75, 3.05) is 43.4 Å². The highest BCUT2D eigenvalue weighted by atomic mass is 16.1. The van der Waals surface area contributed by atoms with Crippen LogP contribution in [-0.2, 0) is 4.79 Å². The minimum Gasteiger partial charge on any atom is -0.367 e. The van der Waals surface area contributed by atoms with Crippen LogP contribution in [0.25, 0.3) is 44.5 Å². The predicted octanol–water partition coefficient (Wildman–Crippen LogP) is 4.30. The molecule has 5 aromatic rings. The van der Waals surface area contributed by atoms with Gasteiger partial charge in [0.05, 0.1) is 58.6 Å². The topological polar surface area (TPSA) is 119 Å². The summed E-state index contributed by atoms with van der Waals surface area (Å²) in [6.45, 7) is 8.06. The van der Waals surface area contributed by atoms with E-state index in [0.717, 1.165) is 76.3 Å². The van der Waals surface area contributed by atoms with Crippen LogP contribution in [0.1, 0.15) is 20.3 Å². The molecule has 10 nitrogen and oxygen atoms in total. The summed E-state index contributed by atoms with van der Waals surface area (Å²) >= 11 is 0. The number of nitrogens with zero attached hydrogens (tertiary/aromatic N) is 6. The van der Waals surface area contributed by atoms with Gasteiger partial charge < -0.3 is 20.1 Å². The van der Waals surface area contributed by atoms with Crippen molar-refractivity contribution in [2.24, 2.45) is 5.92 Å². The van der Waals surface area contributed by atoms with Gasteiger partial charge >= 0.3 is 0 Å². The quantitative estimate of drug-likeness (QED) is 0.312. The molecule has 5 aromatic heterocycles. The fourth-order valence-electron chi connectivity index (χ4n) is 4.97. The van der Waals surface area contributed by atoms with Gasteiger partial charge in [-0.05, 0) is 31.2 Å². The Hall–Kier alpha value is -4.31. The van der Waals surface area contributed by atoms with E-state index in [0.29, 0.717) is 12.1 Å². The van der Waals surface area contributed by atoms with Crippen molar-refractivity contribution in [3.63, 3.8) is 0 Å². The van der Waals surface area contributed by atoms with Crippen LogP contribution in [0.5, 0.6) is 0 Å². The highest BCUT2D eigenvalue weighted by Gasteiger charge is 2.19. The number of fused-ring (bicyclic) bond motifs is 2. The number of aromatic nitrogens is 6. The lowest BCUT2D eigenvalue weighted by Crippen LogP contribution is -2.44. The first kappa shape index (κ1) is 24.1. The van der Waals surface area contributed by atoms with Crippen molar-refractivity contribution < 1.29 is 4.79 Å². The Morgan fingerprint density at radius 3 is 2.61 bits per heavy atom. The van der Waals surface area contributed by atoms with E-state index < -0.39 is 0 Å². The fourth-order valence-corrected chi connectivity index (χ4v) is 4.97. The molecule has 1 amide bonds. The zero-order chi connectivity index (χ0) is 26.2. The first-order valence-corrected chi connectivity index (χ1v) is 12.9. The molecule has 0 aromatic carbocycles. The third kappa shape index (κ3) is 4.70. The number of hydrogen-bond donors (Lipinski definition) is 3. The smallest absolute Gasteiger partial charge is 0.224 e. The summed E-state index contributed by atoms with van der Waals surface area (Å²) < 4.78 is 0. The Morgan fingerprint density at radius 1 is 0.974 bits per heavy atom. The molecule has 1 aliphatic rings. The maximum Gasteiger partial charge on any atom is 0.224 e. The number of pyridine rings is 3. The second kappa shape index (κ2) is 9.86. The van der Waals surface area contributed by atoms with Gasteiger partial charge in [0.1, 0.15) is 5.69 Å². The van der Waals surface area contributed by atoms with Crippen molar-refractivity contribution in [1.29, 1.82) is 0 Å². The van der Waals surface area contributed by atoms with Gasteiger partial charge in [-0.15, -0.1) is 0 Å². The molecule has 194 valence electrons. The number of amides is 1. The van der Waals surface area contributed by atoms with Gasteiger partial charge in [0.2, 0.25) is 5.91 Å². The Morgan fingerprint density at radius 2 is 1.79 bits per heavy atom. The van der Waals surface area contributed by atoms with E-state index in [-0.39, 0.29) is 11.8 Å². The molecule has 38 heavy (non-hydrogen) atoms. The molecule has 0 bridgehead atoms. The summed E-state index contributed by atoms with van der Waals surface area (Å²) in [5.74, 6) is 0.261. The molecule has 1 aliphatic heterocycles. The highest BCUT2D eigenvalue weighted by Crippen LogP contribution is 2.34. The van der Waals surface area contributed by atoms with Crippen LogP contribution in [0.4, 0.5) is 11.4 Å². The maximum atomic E-state index is 12.2. The van der Waals surface area contributed by atoms with Crippen molar-refractivity contribution >= 4 is 39.1 Å². The number of H-pyrrole nitrogens is 2. The fraction of sp³-hybridized carbons (Fsp3) is 0.321. The van der Waals surface area contributed by atoms with E-state index in [2.05, 4.69) is 58.4 Å². The van der Waals surface area contributed by atoms with Crippen molar-refractivity contribution in [3.8, 4) is 22.6 Å². The van der Waals surface area contributed by atoms with E-state index in [1.54, 1.807) is 18.6 Å². The first-order chi connectivity index (χ1) is 18.4. The van der Waals surface area contributed by atoms with Crippen LogP contribution < -0.4 is 10.2 Å². The SMILES string of the molecule is CC(C)CC(=O)Nc1cncc(-c2cc3c(-c4cc5c(N6CCN(C)CC6)cncc5[nH]4)n[nH]c3cn2)c1. The molecule has 10 heteroatoms. The average Bonchev–Trinajstić information content (AvgIpc) is 3.52. The minimum atomic E-state index is -0.0243. The third-order valence-corrected chi connectivity index (χ3v) is 6.98. The Kier molecular flexibility index (Phi) is 6.24. The monoisotopic (exact) mass is 509 g/mol. The summed E-state index contributed by atoms with van der Waals surface area (Å²) in [5.41, 5.74) is 6.93. The molecular formula is C28H31N9O. The maximum absolute atomic E-state index is 12.2. The molecule has 0 unspecified atom stereocenters. The van der Waals surface area contributed by atoms with Crippen LogP contribution in [0.2, 0.25) is 0 Å². The lowest BCUT2D eigenvalue weighted by molar-refractivity contribution is -0.116. The van der Waals surface area contributed by atoms with Gasteiger partial charge in [0.25, 0.3) is 0 Å². The van der Waals surface area contributed by atoms with Crippen molar-refractivity contribution in [3.05, 3.63) is 49.2 Å². The predicted molar refractivity (Wildman–Crippen MR) is 150 cm³/mol. The Balaban J connectivity index is 1.34. The van der Waals surface area contributed by atoms with E-state index in [4.69, 9.17) is 0 Å². The van der Waals surface area contributed by atoms with Crippen LogP contribution in [0.15, 0.2) is 49.2 Å². The summed E-state index contributed by atoms with van der Waals surface area (Å²) in [4.78, 5) is 34.0. The molecule has 0 saturated carbocycles. The zero-order valence-electron chi connectivity index (χ0n) is 21.8. The second-order valence-electron chi connectivity index (χ2n) is 10.4. The van der Waals surface area contributed by atoms with Crippen LogP contribution in [-0.4, -0.2) is 74.2 Å². The molecular weight excluding hydrogens is 478 g/mol. The number of carbonyl (C=O) groups is 1. The third-order valence-electron chi connectivity index (χ3n) is 6.98. The summed E-state index contributed by atoms with van der Waals surface area (Å²) in [6, 6.07) is 6.07. The van der Waals surface area contributed by atoms with Crippen LogP contribution in [0, 0.1) is 5.92 Å². The molecule has 6 rings (SSSR count). The molecule has 0 atom stereocenters. The molecule has 1 fully saturated rings. The lowest BCUT2D eigenvalue weighted by Gasteiger charge is -2.34. The number of rotatable bonds is 6. The first-order valence-electron chi connectivity index (χ1n) is 12.9. The van der Waals surface area contributed by atoms with E-state index in [9.17, 15) is 4.79 Å². The zero-order valence-corrected chi connectivity index (χ0v) is 21.8. The standard InChI is InChI=1S/C28H31N9O/c1-17(2)8-27(38)32-19-9-18(12-29-13-19)22-11-21-25(15-31-22)34-35-28(21)23-10-20-24(33-23)14-30-16-26(20)37-6-4-36(3)5-7-37/h9-17,33H,4-8H2,1-3H3,(H,32,38)(H,34,35). The lowest BCUT2D eigenvalue weighted by atomic mass is 10.1. The highest BCUT2D eigenvalue weighted by molar-refractivity contribution is 6.00. The number of anilines is 2. The van der Waals surface area contributed by atoms with E-state index >= 15 is 0 Å². The molecule has 0 aliphatic carbocycles. The number of aromatic amines is 2. The largest absolute Gasteiger partial charge is 0.367 e. The van der Waals surface area contributed by atoms with Crippen molar-refractivity contribution in [2.45, 2.75) is 20.3 Å². The van der Waals surface area contributed by atoms with Crippen molar-refractivity contribution in [1.82, 2.24) is 35.0 Å². The van der Waals surface area contributed by atoms with Gasteiger partial charge in [-0.1, -0.05) is 13.8 Å². The molecule has 1 saturated heterocycles. The van der Waals surface area contributed by atoms with Gasteiger partial charge in [-0.2, -0.15) is 5.10 Å².